The number of hydrogen-bond acceptors (Lipinski definition) is 25. The molecule has 25 nitrogen and oxygen atoms in total. The molecule has 1 saturated carbocycles. The van der Waals surface area contributed by atoms with Crippen LogP contribution in [-0.4, -0.2) is 221 Å². The Kier molecular flexibility index (Phi) is 97.6. The Balaban J connectivity index is -0.000000453. The molecule has 752 valence electrons. The van der Waals surface area contributed by atoms with E-state index in [9.17, 15) is 38.4 Å². The van der Waals surface area contributed by atoms with Gasteiger partial charge in [-0.3, -0.25) is 28.8 Å². The van der Waals surface area contributed by atoms with Crippen LogP contribution < -0.4 is 0 Å². The van der Waals surface area contributed by atoms with Crippen molar-refractivity contribution in [2.75, 3.05) is 173 Å². The number of hydrogen-bond donors (Lipinski definition) is 0. The largest absolute Gasteiger partial charge is 0.462 e. The molecule has 0 aromatic heterocycles. The number of aryl methyl sites for hydroxylation is 3. The van der Waals surface area contributed by atoms with Crippen molar-refractivity contribution in [3.63, 3.8) is 0 Å². The van der Waals surface area contributed by atoms with E-state index in [1.807, 2.05) is 73.6 Å². The second kappa shape index (κ2) is 98.0. The van der Waals surface area contributed by atoms with Crippen LogP contribution in [0.1, 0.15) is 263 Å². The van der Waals surface area contributed by atoms with Gasteiger partial charge < -0.3 is 80.5 Å². The highest BCUT2D eigenvalue weighted by molar-refractivity contribution is 5.87. The van der Waals surface area contributed by atoms with Crippen molar-refractivity contribution in [1.82, 2.24) is 0 Å². The van der Waals surface area contributed by atoms with Gasteiger partial charge in [0.25, 0.3) is 0 Å². The van der Waals surface area contributed by atoms with Crippen LogP contribution in [0.4, 0.5) is 0 Å². The molecule has 0 bridgehead atoms. The first-order valence-electron chi connectivity index (χ1n) is 47.4. The minimum Gasteiger partial charge on any atom is -0.462 e. The fourth-order valence-corrected chi connectivity index (χ4v) is 9.79. The monoisotopic (exact) mass is 1860 g/mol. The maximum atomic E-state index is 11.2. The van der Waals surface area contributed by atoms with E-state index >= 15 is 0 Å². The first-order valence-corrected chi connectivity index (χ1v) is 47.4. The molecule has 132 heavy (non-hydrogen) atoms. The van der Waals surface area contributed by atoms with Gasteiger partial charge in [-0.15, -0.1) is 0 Å². The molecule has 0 heterocycles. The summed E-state index contributed by atoms with van der Waals surface area (Å²) < 4.78 is 84.3. The normalized spacial score (nSPS) is 11.2. The van der Waals surface area contributed by atoms with Crippen molar-refractivity contribution >= 4 is 66.0 Å². The van der Waals surface area contributed by atoms with E-state index in [1.165, 1.54) is 90.3 Å². The van der Waals surface area contributed by atoms with Crippen molar-refractivity contribution < 1.29 is 119 Å². The molecule has 5 rings (SSSR count). The zero-order chi connectivity index (χ0) is 99.9. The molecule has 0 aliphatic heterocycles. The van der Waals surface area contributed by atoms with E-state index in [4.69, 9.17) is 75.8 Å². The van der Waals surface area contributed by atoms with Gasteiger partial charge in [0.15, 0.2) is 0 Å². The fourth-order valence-electron chi connectivity index (χ4n) is 9.79. The predicted molar refractivity (Wildman–Crippen MR) is 531 cm³/mol. The van der Waals surface area contributed by atoms with Crippen LogP contribution in [0.5, 0.6) is 0 Å². The maximum Gasteiger partial charge on any atom is 0.333 e. The van der Waals surface area contributed by atoms with Crippen LogP contribution in [0.3, 0.4) is 0 Å². The summed E-state index contributed by atoms with van der Waals surface area (Å²) >= 11 is 0. The number of carbonyl (C=O) groups is 8. The van der Waals surface area contributed by atoms with Gasteiger partial charge >= 0.3 is 47.8 Å². The molecule has 0 amide bonds. The molecule has 4 aromatic rings. The van der Waals surface area contributed by atoms with Crippen molar-refractivity contribution in [3.8, 4) is 0 Å². The third-order valence-corrected chi connectivity index (χ3v) is 18.2. The van der Waals surface area contributed by atoms with E-state index in [-0.39, 0.29) is 106 Å². The van der Waals surface area contributed by atoms with Gasteiger partial charge in [-0.05, 0) is 140 Å². The molecule has 25 heteroatoms. The topological polar surface area (TPSA) is 293 Å². The lowest BCUT2D eigenvalue weighted by Gasteiger charge is -2.11. The van der Waals surface area contributed by atoms with E-state index in [1.54, 1.807) is 40.7 Å². The first kappa shape index (κ1) is 131. The Labute approximate surface area is 796 Å². The SMILES string of the molecule is C=C(C)C(=O)OCCOC(=O)C(C)CC.C=CC(=O)OCCOC(=O)CCC.C=Cc1ccc(CCC)cc1.C=Cc1cccc(C(C)C)c1.C=Cc1cccc(CCC)c1.CCC(C)C(=O)OCCOC(=O)C(C)CC.CCCC(=O)OCCOC(=O)CCC.CCCOCCOCCOCCOC.CCCc1cccc(C2CC2)c1.COCCOCCOCCOCCOC. The number of rotatable bonds is 60. The van der Waals surface area contributed by atoms with Gasteiger partial charge in [0.2, 0.25) is 0 Å². The summed E-state index contributed by atoms with van der Waals surface area (Å²) in [6.07, 6.45) is 23.6. The zero-order valence-corrected chi connectivity index (χ0v) is 84.7. The van der Waals surface area contributed by atoms with Crippen molar-refractivity contribution in [3.05, 3.63) is 186 Å². The lowest BCUT2D eigenvalue weighted by atomic mass is 10.0. The molecule has 0 spiro atoms. The lowest BCUT2D eigenvalue weighted by Crippen LogP contribution is -2.20. The minimum absolute atomic E-state index is 0.0772. The third-order valence-electron chi connectivity index (χ3n) is 18.2. The highest BCUT2D eigenvalue weighted by Crippen LogP contribution is 2.40. The predicted octanol–water partition coefficient (Wildman–Crippen LogP) is 21.5. The van der Waals surface area contributed by atoms with Gasteiger partial charge in [-0.25, -0.2) is 9.59 Å². The summed E-state index contributed by atoms with van der Waals surface area (Å²) in [5.74, 6) is -1.22. The Morgan fingerprint density at radius 1 is 0.341 bits per heavy atom. The van der Waals surface area contributed by atoms with Gasteiger partial charge in [0, 0.05) is 58.8 Å². The Hall–Kier alpha value is -9.02. The molecular weight excluding hydrogens is 1690 g/mol. The second-order valence-electron chi connectivity index (χ2n) is 30.5. The average molecular weight is 1860 g/mol. The number of benzene rings is 4. The summed E-state index contributed by atoms with van der Waals surface area (Å²) in [6, 6.07) is 34.7. The van der Waals surface area contributed by atoms with Gasteiger partial charge in [0.1, 0.15) is 52.9 Å². The third kappa shape index (κ3) is 87.6. The quantitative estimate of drug-likeness (QED) is 0.0172. The molecule has 1 aliphatic carbocycles. The Morgan fingerprint density at radius 2 is 0.667 bits per heavy atom. The zero-order valence-electron chi connectivity index (χ0n) is 84.7. The standard InChI is InChI=1S/C12H22O4.C12H16.C11H18O4.3C11H14.C10H22O5.C10H22O4.C10H18O4.C9H14O4/c1-5-9(3)11(13)15-7-8-16-12(14)10(4)6-2;1-2-4-10-5-3-6-12(9-10)11-7-8-11;1-5-9(4)11(13)15-7-6-14-10(12)8(2)3;1-4-10-6-5-7-11(8-10)9(2)3;1-3-6-11-8-5-7-10(4-2)9-11;1-3-5-11-8-6-10(4-2)7-9-11;1-11-3-5-13-7-9-15-10-8-14-6-4-12-2;1-3-4-12-7-8-14-10-9-13-6-5-11-2;1-3-5-9(11)13-7-8-14-10(12)6-4-2;1-3-5-9(11)13-7-6-12-8(10)4-2/h9-10H,5-8H2,1-4H3;3,5-6,9,11H,2,4,7-8H2,1H3;9H,2,5-7H2,1,3-4H3;4-9H,1H2,2-3H3;4-5,7-9H,2-3,6H2,1H3;4,6-9H,2-3,5H2,1H3;3-10H2,1-2H3;3-10H2,1-2H3;3-8H2,1-2H3;4H,2-3,5-7H2,1H3. The van der Waals surface area contributed by atoms with Crippen LogP contribution in [-0.2, 0) is 138 Å². The molecule has 1 aliphatic rings. The second-order valence-corrected chi connectivity index (χ2v) is 30.5. The van der Waals surface area contributed by atoms with Gasteiger partial charge in [-0.2, -0.15) is 0 Å². The highest BCUT2D eigenvalue weighted by Gasteiger charge is 2.23. The molecule has 3 unspecified atom stereocenters. The Bertz CT molecular complexity index is 3430. The molecule has 0 saturated heterocycles. The molecular formula is C107H174O25. The van der Waals surface area contributed by atoms with Crippen LogP contribution in [0.15, 0.2) is 142 Å². The van der Waals surface area contributed by atoms with Gasteiger partial charge in [0.05, 0.1) is 110 Å². The summed E-state index contributed by atoms with van der Waals surface area (Å²) in [5.41, 5.74) is 11.2. The fraction of sp³-hybridized carbons (Fsp3) is 0.607. The molecule has 1 fully saturated rings. The first-order chi connectivity index (χ1) is 63.6. The van der Waals surface area contributed by atoms with Crippen LogP contribution >= 0.6 is 0 Å². The molecule has 0 N–H and O–H groups in total. The minimum atomic E-state index is -0.508. The summed E-state index contributed by atoms with van der Waals surface area (Å²) in [5, 5.41) is 0. The molecule has 4 aromatic carbocycles. The number of ether oxygens (including phenoxy) is 17. The number of carbonyl (C=O) groups excluding carboxylic acids is 8. The summed E-state index contributed by atoms with van der Waals surface area (Å²) in [6.45, 7) is 59.9. The lowest BCUT2D eigenvalue weighted by molar-refractivity contribution is -0.156. The Morgan fingerprint density at radius 3 is 0.992 bits per heavy atom. The van der Waals surface area contributed by atoms with Gasteiger partial charge in [-0.1, -0.05) is 271 Å². The van der Waals surface area contributed by atoms with Crippen LogP contribution in [0, 0.1) is 17.8 Å². The average Bonchev–Trinajstić information content (AvgIpc) is 1.71. The van der Waals surface area contributed by atoms with E-state index in [0.717, 1.165) is 63.5 Å². The van der Waals surface area contributed by atoms with E-state index in [0.29, 0.717) is 123 Å². The molecule has 0 radical (unpaired) electrons. The highest BCUT2D eigenvalue weighted by atomic mass is 16.6. The summed E-state index contributed by atoms with van der Waals surface area (Å²) in [7, 11) is 4.96. The van der Waals surface area contributed by atoms with Crippen LogP contribution in [0.2, 0.25) is 0 Å². The smallest absolute Gasteiger partial charge is 0.333 e. The van der Waals surface area contributed by atoms with Crippen molar-refractivity contribution in [2.24, 2.45) is 17.8 Å². The van der Waals surface area contributed by atoms with Crippen molar-refractivity contribution in [1.29, 1.82) is 0 Å². The van der Waals surface area contributed by atoms with E-state index in [2.05, 4.69) is 176 Å². The van der Waals surface area contributed by atoms with Crippen molar-refractivity contribution in [2.45, 2.75) is 238 Å². The number of methoxy groups -OCH3 is 3. The summed E-state index contributed by atoms with van der Waals surface area (Å²) in [4.78, 5) is 87.6. The number of esters is 8. The molecule has 3 atom stereocenters. The van der Waals surface area contributed by atoms with E-state index < -0.39 is 11.9 Å². The maximum absolute atomic E-state index is 11.2. The van der Waals surface area contributed by atoms with Crippen LogP contribution in [0.25, 0.3) is 18.2 Å².